The number of halogens is 1. The van der Waals surface area contributed by atoms with Crippen LogP contribution in [0.1, 0.15) is 23.0 Å². The van der Waals surface area contributed by atoms with Gasteiger partial charge in [0.15, 0.2) is 0 Å². The van der Waals surface area contributed by atoms with Crippen LogP contribution in [0.2, 0.25) is 5.02 Å². The van der Waals surface area contributed by atoms with Crippen LogP contribution in [0.3, 0.4) is 0 Å². The van der Waals surface area contributed by atoms with Crippen molar-refractivity contribution in [1.29, 1.82) is 0 Å². The predicted octanol–water partition coefficient (Wildman–Crippen LogP) is 2.71. The minimum absolute atomic E-state index is 0.159. The van der Waals surface area contributed by atoms with Crippen LogP contribution in [0.15, 0.2) is 30.3 Å². The minimum atomic E-state index is -0.159. The maximum atomic E-state index is 12.0. The zero-order valence-corrected chi connectivity index (χ0v) is 13.9. The molecule has 0 atom stereocenters. The van der Waals surface area contributed by atoms with E-state index in [-0.39, 0.29) is 5.91 Å². The number of benzene rings is 1. The highest BCUT2D eigenvalue weighted by atomic mass is 35.5. The van der Waals surface area contributed by atoms with E-state index in [4.69, 9.17) is 11.6 Å². The number of carbonyl (C=O) groups is 1. The molecular weight excluding hydrogens is 314 g/mol. The molecule has 0 saturated carbocycles. The molecule has 2 aromatic rings. The van der Waals surface area contributed by atoms with E-state index in [2.05, 4.69) is 25.9 Å². The van der Waals surface area contributed by atoms with Gasteiger partial charge in [0.25, 0.3) is 5.91 Å². The summed E-state index contributed by atoms with van der Waals surface area (Å²) >= 11 is 5.87. The average Bonchev–Trinajstić information content (AvgIpc) is 2.51. The van der Waals surface area contributed by atoms with Crippen LogP contribution >= 0.6 is 11.6 Å². The monoisotopic (exact) mass is 333 g/mol. The molecule has 1 heterocycles. The van der Waals surface area contributed by atoms with E-state index < -0.39 is 0 Å². The van der Waals surface area contributed by atoms with Gasteiger partial charge in [-0.3, -0.25) is 4.79 Å². The van der Waals surface area contributed by atoms with Gasteiger partial charge in [-0.05, 0) is 32.0 Å². The second-order valence-electron chi connectivity index (χ2n) is 4.94. The summed E-state index contributed by atoms with van der Waals surface area (Å²) in [6.45, 7) is 5.70. The molecule has 1 aromatic carbocycles. The molecule has 0 bridgehead atoms. The molecule has 122 valence electrons. The number of hydrogen-bond donors (Lipinski definition) is 3. The summed E-state index contributed by atoms with van der Waals surface area (Å²) in [5, 5.41) is 9.61. The normalized spacial score (nSPS) is 10.2. The molecule has 1 amide bonds. The number of rotatable bonds is 7. The van der Waals surface area contributed by atoms with E-state index in [9.17, 15) is 4.79 Å². The topological polar surface area (TPSA) is 78.9 Å². The first-order valence-corrected chi connectivity index (χ1v) is 7.83. The molecule has 3 N–H and O–H groups in total. The number of anilines is 2. The van der Waals surface area contributed by atoms with Crippen molar-refractivity contribution in [2.24, 2.45) is 0 Å². The third-order valence-corrected chi connectivity index (χ3v) is 3.23. The van der Waals surface area contributed by atoms with Crippen molar-refractivity contribution in [2.45, 2.75) is 13.8 Å². The largest absolute Gasteiger partial charge is 0.370 e. The summed E-state index contributed by atoms with van der Waals surface area (Å²) in [6, 6.07) is 8.72. The summed E-state index contributed by atoms with van der Waals surface area (Å²) in [5.41, 5.74) is 1.42. The van der Waals surface area contributed by atoms with Crippen molar-refractivity contribution in [2.75, 3.05) is 30.3 Å². The van der Waals surface area contributed by atoms with Crippen molar-refractivity contribution in [1.82, 2.24) is 15.3 Å². The Bertz CT molecular complexity index is 677. The number of carbonyl (C=O) groups excluding carboxylic acids is 1. The van der Waals surface area contributed by atoms with Crippen molar-refractivity contribution in [3.63, 3.8) is 0 Å². The lowest BCUT2D eigenvalue weighted by atomic mass is 10.2. The third-order valence-electron chi connectivity index (χ3n) is 2.99. The van der Waals surface area contributed by atoms with E-state index in [0.717, 1.165) is 18.1 Å². The van der Waals surface area contributed by atoms with Gasteiger partial charge < -0.3 is 16.0 Å². The number of nitrogens with zero attached hydrogens (tertiary/aromatic N) is 2. The Kier molecular flexibility index (Phi) is 6.17. The van der Waals surface area contributed by atoms with Gasteiger partial charge in [0.05, 0.1) is 0 Å². The van der Waals surface area contributed by atoms with E-state index in [1.165, 1.54) is 0 Å². The number of nitrogens with one attached hydrogen (secondary N) is 3. The Morgan fingerprint density at radius 2 is 2.00 bits per heavy atom. The van der Waals surface area contributed by atoms with Gasteiger partial charge >= 0.3 is 0 Å². The number of aryl methyl sites for hydroxylation is 1. The predicted molar refractivity (Wildman–Crippen MR) is 93.2 cm³/mol. The Labute approximate surface area is 140 Å². The molecule has 1 aromatic heterocycles. The Balaban J connectivity index is 1.82. The Morgan fingerprint density at radius 3 is 2.74 bits per heavy atom. The standard InChI is InChI=1S/C16H20ClN5O/c1-3-18-14-9-11(2)21-16(22-14)20-8-7-19-15(23)12-5-4-6-13(17)10-12/h4-6,9-10H,3,7-8H2,1-2H3,(H,19,23)(H2,18,20,21,22). The molecule has 0 aliphatic heterocycles. The lowest BCUT2D eigenvalue weighted by Gasteiger charge is -2.09. The molecule has 0 unspecified atom stereocenters. The summed E-state index contributed by atoms with van der Waals surface area (Å²) < 4.78 is 0. The van der Waals surface area contributed by atoms with E-state index in [1.54, 1.807) is 24.3 Å². The van der Waals surface area contributed by atoms with E-state index >= 15 is 0 Å². The van der Waals surface area contributed by atoms with Crippen LogP contribution in [0.5, 0.6) is 0 Å². The molecule has 6 nitrogen and oxygen atoms in total. The highest BCUT2D eigenvalue weighted by Crippen LogP contribution is 2.10. The van der Waals surface area contributed by atoms with Crippen molar-refractivity contribution >= 4 is 29.3 Å². The number of amides is 1. The van der Waals surface area contributed by atoms with Crippen molar-refractivity contribution < 1.29 is 4.79 Å². The molecule has 7 heteroatoms. The molecule has 23 heavy (non-hydrogen) atoms. The zero-order chi connectivity index (χ0) is 16.7. The van der Waals surface area contributed by atoms with E-state index in [1.807, 2.05) is 19.9 Å². The lowest BCUT2D eigenvalue weighted by molar-refractivity contribution is 0.0955. The Morgan fingerprint density at radius 1 is 1.17 bits per heavy atom. The molecule has 0 aliphatic rings. The molecule has 0 fully saturated rings. The molecule has 2 rings (SSSR count). The first-order valence-electron chi connectivity index (χ1n) is 7.45. The van der Waals surface area contributed by atoms with Gasteiger partial charge in [0.2, 0.25) is 5.95 Å². The van der Waals surface area contributed by atoms with Crippen LogP contribution in [0.4, 0.5) is 11.8 Å². The molecule has 0 saturated heterocycles. The fourth-order valence-electron chi connectivity index (χ4n) is 2.00. The summed E-state index contributed by atoms with van der Waals surface area (Å²) in [7, 11) is 0. The molecule has 0 radical (unpaired) electrons. The van der Waals surface area contributed by atoms with Crippen molar-refractivity contribution in [3.05, 3.63) is 46.6 Å². The van der Waals surface area contributed by atoms with Crippen molar-refractivity contribution in [3.8, 4) is 0 Å². The molecule has 0 spiro atoms. The van der Waals surface area contributed by atoms with Crippen LogP contribution in [0.25, 0.3) is 0 Å². The van der Waals surface area contributed by atoms with Gasteiger partial charge in [-0.2, -0.15) is 4.98 Å². The van der Waals surface area contributed by atoms with E-state index in [0.29, 0.717) is 29.6 Å². The van der Waals surface area contributed by atoms with Gasteiger partial charge in [0.1, 0.15) is 5.82 Å². The van der Waals surface area contributed by atoms with Gasteiger partial charge in [-0.15, -0.1) is 0 Å². The number of aromatic nitrogens is 2. The summed E-state index contributed by atoms with van der Waals surface area (Å²) in [5.74, 6) is 1.16. The number of hydrogen-bond acceptors (Lipinski definition) is 5. The third kappa shape index (κ3) is 5.41. The maximum Gasteiger partial charge on any atom is 0.251 e. The molecule has 0 aliphatic carbocycles. The van der Waals surface area contributed by atoms with Crippen LogP contribution in [0, 0.1) is 6.92 Å². The summed E-state index contributed by atoms with van der Waals surface area (Å²) in [6.07, 6.45) is 0. The average molecular weight is 334 g/mol. The highest BCUT2D eigenvalue weighted by molar-refractivity contribution is 6.30. The van der Waals surface area contributed by atoms with Crippen LogP contribution in [-0.2, 0) is 0 Å². The maximum absolute atomic E-state index is 12.0. The first kappa shape index (κ1) is 17.0. The second kappa shape index (κ2) is 8.33. The fourth-order valence-corrected chi connectivity index (χ4v) is 2.19. The van der Waals surface area contributed by atoms with Gasteiger partial charge in [-0.1, -0.05) is 17.7 Å². The molecular formula is C16H20ClN5O. The lowest BCUT2D eigenvalue weighted by Crippen LogP contribution is -2.29. The van der Waals surface area contributed by atoms with Gasteiger partial charge in [-0.25, -0.2) is 4.98 Å². The fraction of sp³-hybridized carbons (Fsp3) is 0.312. The SMILES string of the molecule is CCNc1cc(C)nc(NCCNC(=O)c2cccc(Cl)c2)n1. The quantitative estimate of drug-likeness (QED) is 0.679. The zero-order valence-electron chi connectivity index (χ0n) is 13.2. The second-order valence-corrected chi connectivity index (χ2v) is 5.38. The summed E-state index contributed by atoms with van der Waals surface area (Å²) in [4.78, 5) is 20.6. The minimum Gasteiger partial charge on any atom is -0.370 e. The Hall–Kier alpha value is -2.34. The van der Waals surface area contributed by atoms with Crippen LogP contribution < -0.4 is 16.0 Å². The van der Waals surface area contributed by atoms with Gasteiger partial charge in [0, 0.05) is 42.0 Å². The smallest absolute Gasteiger partial charge is 0.251 e. The first-order chi connectivity index (χ1) is 11.1. The highest BCUT2D eigenvalue weighted by Gasteiger charge is 2.05. The van der Waals surface area contributed by atoms with Crippen LogP contribution in [-0.4, -0.2) is 35.5 Å².